The Hall–Kier alpha value is -1.85. The zero-order valence-electron chi connectivity index (χ0n) is 33.1. The molecule has 0 amide bonds. The molecule has 1 heterocycles. The lowest BCUT2D eigenvalue weighted by molar-refractivity contribution is -0.161. The molecule has 0 aromatic heterocycles. The third-order valence-corrected chi connectivity index (χ3v) is 9.94. The van der Waals surface area contributed by atoms with Gasteiger partial charge in [0.15, 0.2) is 6.10 Å². The van der Waals surface area contributed by atoms with E-state index < -0.39 is 38.6 Å². The summed E-state index contributed by atoms with van der Waals surface area (Å²) in [4.78, 5) is 34.8. The Morgan fingerprint density at radius 3 is 2.00 bits per heavy atom. The van der Waals surface area contributed by atoms with Crippen LogP contribution in [-0.4, -0.2) is 72.7 Å². The predicted octanol–water partition coefficient (Wildman–Crippen LogP) is 9.34. The van der Waals surface area contributed by atoms with Gasteiger partial charge < -0.3 is 29.9 Å². The first-order valence-electron chi connectivity index (χ1n) is 20.7. The van der Waals surface area contributed by atoms with Gasteiger partial charge in [0.05, 0.1) is 25.4 Å². The summed E-state index contributed by atoms with van der Waals surface area (Å²) in [6, 6.07) is 0. The number of phosphoric acid groups is 1. The summed E-state index contributed by atoms with van der Waals surface area (Å²) in [5, 5.41) is 10.3. The lowest BCUT2D eigenvalue weighted by atomic mass is 10.0. The highest BCUT2D eigenvalue weighted by molar-refractivity contribution is 7.47. The second-order valence-corrected chi connectivity index (χ2v) is 15.5. The van der Waals surface area contributed by atoms with Crippen molar-refractivity contribution in [2.75, 3.05) is 26.4 Å². The Morgan fingerprint density at radius 2 is 1.34 bits per heavy atom. The number of hydrogen-bond acceptors (Lipinski definition) is 10. The number of carbonyl (C=O) groups is 2. The number of esters is 2. The van der Waals surface area contributed by atoms with Gasteiger partial charge in [-0.3, -0.25) is 18.6 Å². The Kier molecular flexibility index (Phi) is 31.1. The Labute approximate surface area is 321 Å². The largest absolute Gasteiger partial charge is 0.472 e. The van der Waals surface area contributed by atoms with Crippen molar-refractivity contribution >= 4 is 19.8 Å². The fourth-order valence-corrected chi connectivity index (χ4v) is 6.46. The van der Waals surface area contributed by atoms with Crippen LogP contribution in [0.15, 0.2) is 36.5 Å². The third-order valence-electron chi connectivity index (χ3n) is 8.96. The van der Waals surface area contributed by atoms with Gasteiger partial charge in [0.2, 0.25) is 0 Å². The molecule has 1 aliphatic heterocycles. The minimum atomic E-state index is -4.42. The smallest absolute Gasteiger partial charge is 0.462 e. The van der Waals surface area contributed by atoms with Gasteiger partial charge in [-0.15, -0.1) is 0 Å². The first kappa shape index (κ1) is 49.2. The SMILES string of the molecule is CCCCC/C=C/CC1OC1/C=C\C(O)C/C=C/CCCC(=O)OC(COC(=O)CCCCCCCCCCCCCCC)COP(=O)(O)OCCN. The second-order valence-electron chi connectivity index (χ2n) is 14.1. The summed E-state index contributed by atoms with van der Waals surface area (Å²) < 4.78 is 38.3. The van der Waals surface area contributed by atoms with Crippen LogP contribution in [-0.2, 0) is 37.4 Å². The van der Waals surface area contributed by atoms with Crippen molar-refractivity contribution in [2.24, 2.45) is 5.73 Å². The predicted molar refractivity (Wildman–Crippen MR) is 211 cm³/mol. The molecule has 0 spiro atoms. The van der Waals surface area contributed by atoms with E-state index in [0.29, 0.717) is 25.7 Å². The zero-order chi connectivity index (χ0) is 38.8. The molecule has 308 valence electrons. The quantitative estimate of drug-likeness (QED) is 0.0181. The van der Waals surface area contributed by atoms with Crippen LogP contribution in [0, 0.1) is 0 Å². The van der Waals surface area contributed by atoms with Crippen molar-refractivity contribution in [1.29, 1.82) is 0 Å². The van der Waals surface area contributed by atoms with Gasteiger partial charge in [0.1, 0.15) is 12.7 Å². The van der Waals surface area contributed by atoms with Crippen LogP contribution < -0.4 is 5.73 Å². The highest BCUT2D eigenvalue weighted by atomic mass is 31.2. The molecule has 1 rings (SSSR count). The maximum absolute atomic E-state index is 12.6. The summed E-state index contributed by atoms with van der Waals surface area (Å²) in [5.74, 6) is -0.967. The van der Waals surface area contributed by atoms with E-state index in [1.165, 1.54) is 77.0 Å². The van der Waals surface area contributed by atoms with Crippen LogP contribution >= 0.6 is 7.82 Å². The van der Waals surface area contributed by atoms with Crippen molar-refractivity contribution in [3.05, 3.63) is 36.5 Å². The average molecular weight is 772 g/mol. The van der Waals surface area contributed by atoms with Crippen LogP contribution in [0.4, 0.5) is 0 Å². The van der Waals surface area contributed by atoms with E-state index in [0.717, 1.165) is 32.1 Å². The molecule has 1 fully saturated rings. The minimum absolute atomic E-state index is 0.0282. The monoisotopic (exact) mass is 772 g/mol. The van der Waals surface area contributed by atoms with Gasteiger partial charge in [-0.25, -0.2) is 4.57 Å². The van der Waals surface area contributed by atoms with E-state index in [-0.39, 0.29) is 44.8 Å². The van der Waals surface area contributed by atoms with Gasteiger partial charge >= 0.3 is 19.8 Å². The maximum Gasteiger partial charge on any atom is 0.472 e. The number of aliphatic hydroxyl groups is 1. The summed E-state index contributed by atoms with van der Waals surface area (Å²) in [5.41, 5.74) is 5.33. The van der Waals surface area contributed by atoms with E-state index in [4.69, 9.17) is 29.0 Å². The lowest BCUT2D eigenvalue weighted by Gasteiger charge is -2.19. The molecule has 1 saturated heterocycles. The van der Waals surface area contributed by atoms with E-state index in [1.807, 2.05) is 18.2 Å². The van der Waals surface area contributed by atoms with Crippen LogP contribution in [0.5, 0.6) is 0 Å². The fraction of sp³-hybridized carbons (Fsp3) is 0.805. The van der Waals surface area contributed by atoms with Gasteiger partial charge in [-0.2, -0.15) is 0 Å². The molecular weight excluding hydrogens is 697 g/mol. The van der Waals surface area contributed by atoms with E-state index >= 15 is 0 Å². The molecule has 0 bridgehead atoms. The molecule has 0 aliphatic carbocycles. The molecule has 11 nitrogen and oxygen atoms in total. The van der Waals surface area contributed by atoms with Crippen molar-refractivity contribution < 1.29 is 47.4 Å². The normalized spacial score (nSPS) is 18.1. The molecule has 12 heteroatoms. The van der Waals surface area contributed by atoms with Crippen LogP contribution in [0.1, 0.15) is 162 Å². The number of phosphoric ester groups is 1. The van der Waals surface area contributed by atoms with Crippen LogP contribution in [0.25, 0.3) is 0 Å². The van der Waals surface area contributed by atoms with Crippen LogP contribution in [0.2, 0.25) is 0 Å². The Bertz CT molecular complexity index is 1050. The van der Waals surface area contributed by atoms with E-state index in [1.54, 1.807) is 6.08 Å². The topological polar surface area (TPSA) is 167 Å². The first-order chi connectivity index (χ1) is 25.7. The maximum atomic E-state index is 12.6. The number of epoxide rings is 1. The van der Waals surface area contributed by atoms with Crippen LogP contribution in [0.3, 0.4) is 0 Å². The Balaban J connectivity index is 2.29. The molecule has 0 aromatic rings. The van der Waals surface area contributed by atoms with Crippen molar-refractivity contribution in [3.63, 3.8) is 0 Å². The molecule has 0 aromatic carbocycles. The average Bonchev–Trinajstić information content (AvgIpc) is 3.90. The van der Waals surface area contributed by atoms with Gasteiger partial charge in [-0.05, 0) is 44.9 Å². The number of carbonyl (C=O) groups excluding carboxylic acids is 2. The molecule has 5 atom stereocenters. The van der Waals surface area contributed by atoms with Crippen molar-refractivity contribution in [1.82, 2.24) is 0 Å². The summed E-state index contributed by atoms with van der Waals surface area (Å²) in [7, 11) is -4.42. The van der Waals surface area contributed by atoms with Crippen molar-refractivity contribution in [2.45, 2.75) is 186 Å². The highest BCUT2D eigenvalue weighted by Gasteiger charge is 2.35. The number of allylic oxidation sites excluding steroid dienone is 2. The summed E-state index contributed by atoms with van der Waals surface area (Å²) in [6.45, 7) is 3.51. The van der Waals surface area contributed by atoms with Gasteiger partial charge in [0, 0.05) is 19.4 Å². The third kappa shape index (κ3) is 31.1. The molecule has 0 saturated carbocycles. The number of aliphatic hydroxyl groups excluding tert-OH is 1. The first-order valence-corrected chi connectivity index (χ1v) is 22.2. The number of unbranched alkanes of at least 4 members (excludes halogenated alkanes) is 16. The molecule has 1 aliphatic rings. The summed E-state index contributed by atoms with van der Waals surface area (Å²) in [6.07, 6.45) is 33.7. The highest BCUT2D eigenvalue weighted by Crippen LogP contribution is 2.43. The standard InChI is InChI=1S/C41H74NO10P/c1-3-5-7-9-11-12-13-14-15-16-17-19-24-28-40(44)48-34-37(35-50-53(46,47)49-33-32-42)51-41(45)29-25-21-20-22-26-36(43)30-31-39-38(52-39)27-23-18-10-8-6-4-2/h18,20,22-23,30-31,36-39,43H,3-17,19,21,24-29,32-35,42H2,1-2H3,(H,46,47)/b22-20+,23-18+,31-30-. The number of nitrogens with two attached hydrogens (primary N) is 1. The van der Waals surface area contributed by atoms with E-state index in [2.05, 4.69) is 26.0 Å². The molecule has 0 radical (unpaired) electrons. The van der Waals surface area contributed by atoms with Crippen molar-refractivity contribution in [3.8, 4) is 0 Å². The van der Waals surface area contributed by atoms with Gasteiger partial charge in [0.25, 0.3) is 0 Å². The zero-order valence-corrected chi connectivity index (χ0v) is 33.9. The second kappa shape index (κ2) is 33.5. The molecule has 53 heavy (non-hydrogen) atoms. The van der Waals surface area contributed by atoms with Gasteiger partial charge in [-0.1, -0.05) is 140 Å². The number of hydrogen-bond donors (Lipinski definition) is 3. The molecule has 5 unspecified atom stereocenters. The minimum Gasteiger partial charge on any atom is -0.462 e. The fourth-order valence-electron chi connectivity index (χ4n) is 5.70. The number of ether oxygens (including phenoxy) is 3. The number of rotatable bonds is 37. The molecular formula is C41H74NO10P. The lowest BCUT2D eigenvalue weighted by Crippen LogP contribution is -2.29. The molecule has 4 N–H and O–H groups in total. The van der Waals surface area contributed by atoms with E-state index in [9.17, 15) is 24.2 Å². The Morgan fingerprint density at radius 1 is 0.755 bits per heavy atom. The summed E-state index contributed by atoms with van der Waals surface area (Å²) >= 11 is 0.